The third-order valence-corrected chi connectivity index (χ3v) is 9.15. The molecule has 2 heterocycles. The predicted octanol–water partition coefficient (Wildman–Crippen LogP) is 4.01. The SMILES string of the molecule is Cc1nn([C@@H](C)C(=O)N[C@@H]2CCCc3ccccc32)c(C)c1S(=O)(=O)N1CCc2ccccc21. The Morgan fingerprint density at radius 1 is 1.06 bits per heavy atom. The zero-order chi connectivity index (χ0) is 24.0. The van der Waals surface area contributed by atoms with Gasteiger partial charge in [-0.2, -0.15) is 5.10 Å². The second kappa shape index (κ2) is 8.58. The van der Waals surface area contributed by atoms with E-state index in [1.54, 1.807) is 25.5 Å². The monoisotopic (exact) mass is 478 g/mol. The number of aryl methyl sites for hydroxylation is 2. The number of nitrogens with zero attached hydrogens (tertiary/aromatic N) is 3. The highest BCUT2D eigenvalue weighted by Crippen LogP contribution is 2.35. The molecule has 2 aliphatic rings. The van der Waals surface area contributed by atoms with Crippen molar-refractivity contribution < 1.29 is 13.2 Å². The van der Waals surface area contributed by atoms with Crippen LogP contribution in [0.1, 0.15) is 59.9 Å². The summed E-state index contributed by atoms with van der Waals surface area (Å²) in [4.78, 5) is 13.4. The lowest BCUT2D eigenvalue weighted by molar-refractivity contribution is -0.125. The van der Waals surface area contributed by atoms with Gasteiger partial charge in [0.15, 0.2) is 0 Å². The molecule has 0 bridgehead atoms. The van der Waals surface area contributed by atoms with Crippen molar-refractivity contribution in [3.05, 3.63) is 76.6 Å². The number of sulfonamides is 1. The third kappa shape index (κ3) is 3.70. The fraction of sp³-hybridized carbons (Fsp3) is 0.385. The van der Waals surface area contributed by atoms with Crippen molar-refractivity contribution in [3.63, 3.8) is 0 Å². The van der Waals surface area contributed by atoms with E-state index in [0.29, 0.717) is 24.4 Å². The Balaban J connectivity index is 1.42. The lowest BCUT2D eigenvalue weighted by Gasteiger charge is -2.27. The van der Waals surface area contributed by atoms with Crippen molar-refractivity contribution >= 4 is 21.6 Å². The van der Waals surface area contributed by atoms with Crippen LogP contribution in [0, 0.1) is 13.8 Å². The molecule has 0 spiro atoms. The molecule has 34 heavy (non-hydrogen) atoms. The Morgan fingerprint density at radius 3 is 2.56 bits per heavy atom. The van der Waals surface area contributed by atoms with Crippen LogP contribution < -0.4 is 9.62 Å². The van der Waals surface area contributed by atoms with Gasteiger partial charge >= 0.3 is 0 Å². The first-order valence-corrected chi connectivity index (χ1v) is 13.3. The second-order valence-electron chi connectivity index (χ2n) is 9.23. The standard InChI is InChI=1S/C26H30N4O3S/c1-17-25(34(32,33)29-16-15-21-10-5-7-14-24(21)29)18(2)30(28-17)19(3)26(31)27-23-13-8-11-20-9-4-6-12-22(20)23/h4-7,9-10,12,14,19,23H,8,11,13,15-16H2,1-3H3,(H,27,31)/t19-,23+/m0/s1. The Kier molecular flexibility index (Phi) is 5.72. The van der Waals surface area contributed by atoms with E-state index in [4.69, 9.17) is 0 Å². The molecule has 8 heteroatoms. The normalized spacial score (nSPS) is 18.3. The number of aromatic nitrogens is 2. The molecule has 178 valence electrons. The maximum atomic E-state index is 13.7. The molecule has 5 rings (SSSR count). The fourth-order valence-electron chi connectivity index (χ4n) is 5.37. The highest BCUT2D eigenvalue weighted by Gasteiger charge is 2.36. The summed E-state index contributed by atoms with van der Waals surface area (Å²) in [7, 11) is -3.80. The molecule has 0 radical (unpaired) electrons. The first-order chi connectivity index (χ1) is 16.3. The number of amides is 1. The van der Waals surface area contributed by atoms with E-state index in [1.165, 1.54) is 15.4 Å². The molecule has 0 unspecified atom stereocenters. The topological polar surface area (TPSA) is 84.3 Å². The summed E-state index contributed by atoms with van der Waals surface area (Å²) < 4.78 is 30.4. The smallest absolute Gasteiger partial charge is 0.268 e. The molecule has 3 aromatic rings. The molecule has 1 amide bonds. The number of carbonyl (C=O) groups excluding carboxylic acids is 1. The Bertz CT molecular complexity index is 1360. The third-order valence-electron chi connectivity index (χ3n) is 7.08. The summed E-state index contributed by atoms with van der Waals surface area (Å²) >= 11 is 0. The molecule has 1 aromatic heterocycles. The maximum Gasteiger partial charge on any atom is 0.268 e. The van der Waals surface area contributed by atoms with Gasteiger partial charge in [-0.15, -0.1) is 0 Å². The average molecular weight is 479 g/mol. The summed E-state index contributed by atoms with van der Waals surface area (Å²) in [5, 5.41) is 7.69. The molecule has 0 saturated heterocycles. The van der Waals surface area contributed by atoms with E-state index in [-0.39, 0.29) is 16.8 Å². The zero-order valence-electron chi connectivity index (χ0n) is 19.8. The second-order valence-corrected chi connectivity index (χ2v) is 11.0. The van der Waals surface area contributed by atoms with Crippen molar-refractivity contribution in [1.82, 2.24) is 15.1 Å². The maximum absolute atomic E-state index is 13.7. The first-order valence-electron chi connectivity index (χ1n) is 11.8. The summed E-state index contributed by atoms with van der Waals surface area (Å²) in [6.45, 7) is 5.60. The molecule has 1 N–H and O–H groups in total. The average Bonchev–Trinajstić information content (AvgIpc) is 3.40. The highest BCUT2D eigenvalue weighted by atomic mass is 32.2. The molecular formula is C26H30N4O3S. The van der Waals surface area contributed by atoms with Gasteiger partial charge in [-0.05, 0) is 69.2 Å². The number of anilines is 1. The van der Waals surface area contributed by atoms with E-state index in [0.717, 1.165) is 30.5 Å². The lowest BCUT2D eigenvalue weighted by Crippen LogP contribution is -2.36. The Labute approximate surface area is 200 Å². The molecule has 2 atom stereocenters. The van der Waals surface area contributed by atoms with Crippen LogP contribution in [-0.2, 0) is 27.7 Å². The first kappa shape index (κ1) is 22.7. The molecule has 0 fully saturated rings. The van der Waals surface area contributed by atoms with Crippen LogP contribution in [0.25, 0.3) is 0 Å². The molecule has 1 aliphatic heterocycles. The molecule has 0 saturated carbocycles. The van der Waals surface area contributed by atoms with Gasteiger partial charge in [0, 0.05) is 6.54 Å². The number of hydrogen-bond donors (Lipinski definition) is 1. The molecule has 2 aromatic carbocycles. The quantitative estimate of drug-likeness (QED) is 0.601. The van der Waals surface area contributed by atoms with Gasteiger partial charge in [0.25, 0.3) is 10.0 Å². The minimum absolute atomic E-state index is 0.0406. The van der Waals surface area contributed by atoms with Crippen molar-refractivity contribution in [3.8, 4) is 0 Å². The van der Waals surface area contributed by atoms with Gasteiger partial charge in [0.05, 0.1) is 23.1 Å². The van der Waals surface area contributed by atoms with Gasteiger partial charge in [0.2, 0.25) is 5.91 Å². The molecule has 7 nitrogen and oxygen atoms in total. The zero-order valence-corrected chi connectivity index (χ0v) is 20.6. The number of carbonyl (C=O) groups is 1. The summed E-state index contributed by atoms with van der Waals surface area (Å²) in [6, 6.07) is 15.1. The van der Waals surface area contributed by atoms with E-state index < -0.39 is 16.1 Å². The van der Waals surface area contributed by atoms with Crippen LogP contribution >= 0.6 is 0 Å². The number of rotatable bonds is 5. The number of para-hydroxylation sites is 1. The largest absolute Gasteiger partial charge is 0.347 e. The molecular weight excluding hydrogens is 448 g/mol. The van der Waals surface area contributed by atoms with Crippen LogP contribution in [0.15, 0.2) is 53.4 Å². The van der Waals surface area contributed by atoms with Gasteiger partial charge in [-0.1, -0.05) is 42.5 Å². The van der Waals surface area contributed by atoms with Crippen LogP contribution in [0.4, 0.5) is 5.69 Å². The van der Waals surface area contributed by atoms with E-state index in [9.17, 15) is 13.2 Å². The lowest BCUT2D eigenvalue weighted by atomic mass is 9.87. The minimum atomic E-state index is -3.80. The van der Waals surface area contributed by atoms with Crippen LogP contribution in [0.5, 0.6) is 0 Å². The summed E-state index contributed by atoms with van der Waals surface area (Å²) in [5.74, 6) is -0.164. The van der Waals surface area contributed by atoms with Crippen LogP contribution in [0.2, 0.25) is 0 Å². The number of nitrogens with one attached hydrogen (secondary N) is 1. The van der Waals surface area contributed by atoms with Gasteiger partial charge in [0.1, 0.15) is 10.9 Å². The summed E-state index contributed by atoms with van der Waals surface area (Å²) in [5.41, 5.74) is 5.07. The summed E-state index contributed by atoms with van der Waals surface area (Å²) in [6.07, 6.45) is 3.62. The number of benzene rings is 2. The van der Waals surface area contributed by atoms with Crippen LogP contribution in [0.3, 0.4) is 0 Å². The fourth-order valence-corrected chi connectivity index (χ4v) is 7.24. The van der Waals surface area contributed by atoms with Crippen molar-refractivity contribution in [2.45, 2.75) is 63.4 Å². The number of fused-ring (bicyclic) bond motifs is 2. The van der Waals surface area contributed by atoms with Gasteiger partial charge in [-0.25, -0.2) is 8.42 Å². The highest BCUT2D eigenvalue weighted by molar-refractivity contribution is 7.93. The predicted molar refractivity (Wildman–Crippen MR) is 131 cm³/mol. The number of hydrogen-bond acceptors (Lipinski definition) is 4. The van der Waals surface area contributed by atoms with E-state index >= 15 is 0 Å². The Hall–Kier alpha value is -3.13. The van der Waals surface area contributed by atoms with Crippen molar-refractivity contribution in [1.29, 1.82) is 0 Å². The van der Waals surface area contributed by atoms with Crippen molar-refractivity contribution in [2.75, 3.05) is 10.8 Å². The van der Waals surface area contributed by atoms with Gasteiger partial charge < -0.3 is 5.32 Å². The van der Waals surface area contributed by atoms with E-state index in [2.05, 4.69) is 22.5 Å². The minimum Gasteiger partial charge on any atom is -0.347 e. The van der Waals surface area contributed by atoms with Crippen LogP contribution in [-0.4, -0.2) is 30.7 Å². The van der Waals surface area contributed by atoms with Crippen molar-refractivity contribution in [2.24, 2.45) is 0 Å². The van der Waals surface area contributed by atoms with Gasteiger partial charge in [-0.3, -0.25) is 13.8 Å². The Morgan fingerprint density at radius 2 is 1.76 bits per heavy atom. The molecule has 1 aliphatic carbocycles. The van der Waals surface area contributed by atoms with E-state index in [1.807, 2.05) is 36.4 Å².